The molecule has 0 amide bonds. The third kappa shape index (κ3) is 70.5. The van der Waals surface area contributed by atoms with E-state index in [9.17, 15) is 43.2 Å². The number of ether oxygens (including phenoxy) is 4. The van der Waals surface area contributed by atoms with Crippen molar-refractivity contribution < 1.29 is 80.2 Å². The molecule has 0 rings (SSSR count). The van der Waals surface area contributed by atoms with Crippen molar-refractivity contribution in [2.24, 2.45) is 11.8 Å². The maximum absolute atomic E-state index is 13.1. The Balaban J connectivity index is 5.26. The Morgan fingerprint density at radius 2 is 0.479 bits per heavy atom. The van der Waals surface area contributed by atoms with Crippen LogP contribution in [0, 0.1) is 11.8 Å². The van der Waals surface area contributed by atoms with E-state index in [0.29, 0.717) is 25.7 Å². The van der Waals surface area contributed by atoms with Crippen LogP contribution in [0.15, 0.2) is 0 Å². The van der Waals surface area contributed by atoms with Crippen molar-refractivity contribution in [1.82, 2.24) is 0 Å². The van der Waals surface area contributed by atoms with Crippen molar-refractivity contribution in [3.8, 4) is 0 Å². The minimum Gasteiger partial charge on any atom is -0.462 e. The van der Waals surface area contributed by atoms with Crippen LogP contribution in [-0.2, 0) is 65.4 Å². The zero-order valence-corrected chi connectivity index (χ0v) is 64.5. The van der Waals surface area contributed by atoms with Crippen molar-refractivity contribution in [1.29, 1.82) is 0 Å². The molecule has 17 nitrogen and oxygen atoms in total. The molecule has 19 heteroatoms. The molecule has 0 aromatic carbocycles. The Labute approximate surface area is 588 Å². The monoisotopic (exact) mass is 1410 g/mol. The van der Waals surface area contributed by atoms with E-state index in [1.807, 2.05) is 0 Å². The zero-order valence-electron chi connectivity index (χ0n) is 62.7. The van der Waals surface area contributed by atoms with Gasteiger partial charge in [-0.1, -0.05) is 350 Å². The highest BCUT2D eigenvalue weighted by molar-refractivity contribution is 7.47. The number of unbranched alkanes of at least 4 members (excludes halogenated alkanes) is 46. The summed E-state index contributed by atoms with van der Waals surface area (Å²) < 4.78 is 68.6. The lowest BCUT2D eigenvalue weighted by Gasteiger charge is -2.21. The van der Waals surface area contributed by atoms with Crippen LogP contribution in [0.4, 0.5) is 0 Å². The molecule has 0 saturated carbocycles. The summed E-state index contributed by atoms with van der Waals surface area (Å²) >= 11 is 0. The van der Waals surface area contributed by atoms with Gasteiger partial charge in [-0.15, -0.1) is 0 Å². The van der Waals surface area contributed by atoms with Crippen molar-refractivity contribution >= 4 is 39.5 Å². The molecule has 0 bridgehead atoms. The SMILES string of the molecule is CCCCCCCCCCCCCCCCCCC(=O)O[C@H](COC(=O)CCCCCCCCCCCCCCC(C)C)COP(=O)(O)OC[C@@H](O)COP(=O)(O)OC[C@@H](COC(=O)CCCCCCCCCCCCCC)OC(=O)CCCCCCCCCCCCC(C)C. The van der Waals surface area contributed by atoms with Gasteiger partial charge in [0.1, 0.15) is 19.3 Å². The number of esters is 4. The number of hydrogen-bond acceptors (Lipinski definition) is 15. The fraction of sp³-hybridized carbons (Fsp3) is 0.948. The second-order valence-electron chi connectivity index (χ2n) is 28.7. The Hall–Kier alpha value is -1.94. The maximum atomic E-state index is 13.1. The van der Waals surface area contributed by atoms with Crippen molar-refractivity contribution in [2.45, 2.75) is 419 Å². The molecule has 2 unspecified atom stereocenters. The number of aliphatic hydroxyl groups is 1. The quantitative estimate of drug-likeness (QED) is 0.0222. The highest BCUT2D eigenvalue weighted by atomic mass is 31.2. The lowest BCUT2D eigenvalue weighted by atomic mass is 10.0. The molecule has 3 N–H and O–H groups in total. The Morgan fingerprint density at radius 1 is 0.281 bits per heavy atom. The molecule has 0 aliphatic carbocycles. The predicted octanol–water partition coefficient (Wildman–Crippen LogP) is 22.7. The fourth-order valence-electron chi connectivity index (χ4n) is 11.8. The van der Waals surface area contributed by atoms with Gasteiger partial charge >= 0.3 is 39.5 Å². The number of carbonyl (C=O) groups excluding carboxylic acids is 4. The summed E-state index contributed by atoms with van der Waals surface area (Å²) in [6.07, 6.45) is 56.7. The van der Waals surface area contributed by atoms with E-state index in [4.69, 9.17) is 37.0 Å². The zero-order chi connectivity index (χ0) is 70.7. The van der Waals surface area contributed by atoms with Gasteiger partial charge in [0.25, 0.3) is 0 Å². The molecule has 96 heavy (non-hydrogen) atoms. The van der Waals surface area contributed by atoms with Gasteiger partial charge in [0.2, 0.25) is 0 Å². The molecule has 0 spiro atoms. The predicted molar refractivity (Wildman–Crippen MR) is 391 cm³/mol. The van der Waals surface area contributed by atoms with Gasteiger partial charge in [-0.25, -0.2) is 9.13 Å². The van der Waals surface area contributed by atoms with Crippen LogP contribution in [0.5, 0.6) is 0 Å². The van der Waals surface area contributed by atoms with Gasteiger partial charge in [-0.3, -0.25) is 37.3 Å². The van der Waals surface area contributed by atoms with Gasteiger partial charge < -0.3 is 33.8 Å². The van der Waals surface area contributed by atoms with Crippen LogP contribution in [0.25, 0.3) is 0 Å². The highest BCUT2D eigenvalue weighted by Gasteiger charge is 2.30. The highest BCUT2D eigenvalue weighted by Crippen LogP contribution is 2.45. The minimum atomic E-state index is -4.96. The summed E-state index contributed by atoms with van der Waals surface area (Å²) in [4.78, 5) is 72.9. The smallest absolute Gasteiger partial charge is 0.462 e. The first-order valence-electron chi connectivity index (χ1n) is 40.0. The van der Waals surface area contributed by atoms with Crippen LogP contribution >= 0.6 is 15.6 Å². The summed E-state index contributed by atoms with van der Waals surface area (Å²) in [5.41, 5.74) is 0. The molecular formula is C77H150O17P2. The second kappa shape index (κ2) is 68.8. The standard InChI is InChI=1S/C77H150O17P2/c1-7-9-11-13-15-17-19-21-22-23-24-30-37-43-49-55-61-76(81)93-72(65-88-75(80)60-54-48-42-36-29-26-25-27-33-39-45-51-57-69(3)4)67-91-95(83,84)89-63-71(78)64-90-96(85,86)92-68-73(66-87-74(79)59-53-47-41-35-28-20-18-16-14-12-10-8-2)94-77(82)62-56-50-44-38-32-31-34-40-46-52-58-70(5)6/h69-73,78H,7-68H2,1-6H3,(H,83,84)(H,85,86)/t71-,72-,73-/m1/s1. The molecule has 0 radical (unpaired) electrons. The van der Waals surface area contributed by atoms with Gasteiger partial charge in [-0.2, -0.15) is 0 Å². The summed E-state index contributed by atoms with van der Waals surface area (Å²) in [6, 6.07) is 0. The lowest BCUT2D eigenvalue weighted by Crippen LogP contribution is -2.30. The van der Waals surface area contributed by atoms with E-state index < -0.39 is 97.5 Å². The first-order valence-corrected chi connectivity index (χ1v) is 43.0. The maximum Gasteiger partial charge on any atom is 0.472 e. The van der Waals surface area contributed by atoms with E-state index in [1.54, 1.807) is 0 Å². The number of carbonyl (C=O) groups is 4. The Morgan fingerprint density at radius 3 is 0.708 bits per heavy atom. The van der Waals surface area contributed by atoms with Gasteiger partial charge in [0, 0.05) is 25.7 Å². The first-order chi connectivity index (χ1) is 46.4. The summed E-state index contributed by atoms with van der Waals surface area (Å²) in [7, 11) is -9.91. The van der Waals surface area contributed by atoms with E-state index in [2.05, 4.69) is 41.5 Å². The molecule has 0 aliphatic rings. The molecule has 0 fully saturated rings. The molecule has 0 heterocycles. The van der Waals surface area contributed by atoms with Crippen LogP contribution in [0.3, 0.4) is 0 Å². The summed E-state index contributed by atoms with van der Waals surface area (Å²) in [5, 5.41) is 10.6. The summed E-state index contributed by atoms with van der Waals surface area (Å²) in [6.45, 7) is 9.61. The van der Waals surface area contributed by atoms with Crippen LogP contribution in [0.1, 0.15) is 401 Å². The fourth-order valence-corrected chi connectivity index (χ4v) is 13.4. The second-order valence-corrected chi connectivity index (χ2v) is 31.6. The van der Waals surface area contributed by atoms with E-state index in [0.717, 1.165) is 102 Å². The Bertz CT molecular complexity index is 1860. The number of phosphoric ester groups is 2. The number of aliphatic hydroxyl groups excluding tert-OH is 1. The molecule has 0 saturated heterocycles. The number of phosphoric acid groups is 2. The Kier molecular flexibility index (Phi) is 67.4. The van der Waals surface area contributed by atoms with E-state index in [-0.39, 0.29) is 25.7 Å². The minimum absolute atomic E-state index is 0.106. The van der Waals surface area contributed by atoms with Gasteiger partial charge in [0.05, 0.1) is 26.4 Å². The third-order valence-electron chi connectivity index (χ3n) is 18.0. The summed E-state index contributed by atoms with van der Waals surface area (Å²) in [5.74, 6) is -0.578. The normalized spacial score (nSPS) is 14.0. The van der Waals surface area contributed by atoms with E-state index >= 15 is 0 Å². The van der Waals surface area contributed by atoms with E-state index in [1.165, 1.54) is 218 Å². The largest absolute Gasteiger partial charge is 0.472 e. The lowest BCUT2D eigenvalue weighted by molar-refractivity contribution is -0.161. The van der Waals surface area contributed by atoms with Crippen molar-refractivity contribution in [2.75, 3.05) is 39.6 Å². The van der Waals surface area contributed by atoms with Crippen molar-refractivity contribution in [3.05, 3.63) is 0 Å². The van der Waals surface area contributed by atoms with Crippen molar-refractivity contribution in [3.63, 3.8) is 0 Å². The molecule has 570 valence electrons. The molecule has 0 aliphatic heterocycles. The van der Waals surface area contributed by atoms with Crippen LogP contribution < -0.4 is 0 Å². The van der Waals surface area contributed by atoms with Crippen LogP contribution in [-0.4, -0.2) is 96.7 Å². The molecule has 0 aromatic rings. The topological polar surface area (TPSA) is 237 Å². The van der Waals surface area contributed by atoms with Crippen LogP contribution in [0.2, 0.25) is 0 Å². The molecular weight excluding hydrogens is 1260 g/mol. The van der Waals surface area contributed by atoms with Gasteiger partial charge in [-0.05, 0) is 37.5 Å². The average Bonchev–Trinajstić information content (AvgIpc) is 3.40. The first kappa shape index (κ1) is 94.1. The number of hydrogen-bond donors (Lipinski definition) is 3. The third-order valence-corrected chi connectivity index (χ3v) is 19.9. The van der Waals surface area contributed by atoms with Gasteiger partial charge in [0.15, 0.2) is 12.2 Å². The molecule has 0 aromatic heterocycles. The molecule has 5 atom stereocenters. The average molecular weight is 1410 g/mol. The number of rotatable bonds is 76.